The molecule has 0 spiro atoms. The molecular weight excluding hydrogens is 294 g/mol. The minimum atomic E-state index is -1.05. The van der Waals surface area contributed by atoms with Crippen molar-refractivity contribution in [3.05, 3.63) is 59.1 Å². The Morgan fingerprint density at radius 1 is 1.05 bits per heavy atom. The summed E-state index contributed by atoms with van der Waals surface area (Å²) in [5.74, 6) is -0.886. The van der Waals surface area contributed by atoms with E-state index < -0.39 is 12.6 Å². The highest BCUT2D eigenvalue weighted by Gasteiger charge is 2.06. The molecule has 0 aromatic heterocycles. The van der Waals surface area contributed by atoms with Crippen LogP contribution in [-0.4, -0.2) is 23.6 Å². The van der Waals surface area contributed by atoms with Gasteiger partial charge in [0.2, 0.25) is 0 Å². The number of hydrogen-bond donors (Lipinski definition) is 2. The summed E-state index contributed by atoms with van der Waals surface area (Å²) in [7, 11) is 0. The molecule has 21 heavy (non-hydrogen) atoms. The number of carbonyl (C=O) groups is 2. The van der Waals surface area contributed by atoms with E-state index in [1.807, 2.05) is 0 Å². The lowest BCUT2D eigenvalue weighted by atomic mass is 10.2. The van der Waals surface area contributed by atoms with E-state index in [1.165, 1.54) is 0 Å². The van der Waals surface area contributed by atoms with Crippen LogP contribution >= 0.6 is 11.6 Å². The Kier molecular flexibility index (Phi) is 4.79. The summed E-state index contributed by atoms with van der Waals surface area (Å²) in [5.41, 5.74) is 1.07. The van der Waals surface area contributed by atoms with Crippen LogP contribution < -0.4 is 10.1 Å². The molecule has 2 aromatic carbocycles. The van der Waals surface area contributed by atoms with Crippen LogP contribution in [0.5, 0.6) is 5.75 Å². The number of carboxylic acid groups (broad SMARTS) is 1. The van der Waals surface area contributed by atoms with Gasteiger partial charge in [-0.05, 0) is 48.5 Å². The zero-order valence-electron chi connectivity index (χ0n) is 10.9. The van der Waals surface area contributed by atoms with E-state index in [0.29, 0.717) is 22.0 Å². The van der Waals surface area contributed by atoms with Crippen LogP contribution in [0.3, 0.4) is 0 Å². The van der Waals surface area contributed by atoms with Gasteiger partial charge in [-0.2, -0.15) is 0 Å². The van der Waals surface area contributed by atoms with Crippen LogP contribution in [0.1, 0.15) is 10.4 Å². The van der Waals surface area contributed by atoms with Gasteiger partial charge in [0.05, 0.1) is 0 Å². The Bertz CT molecular complexity index is 638. The van der Waals surface area contributed by atoms with Crippen LogP contribution in [0.25, 0.3) is 0 Å². The third-order valence-electron chi connectivity index (χ3n) is 2.58. The molecule has 108 valence electrons. The van der Waals surface area contributed by atoms with Crippen molar-refractivity contribution in [3.63, 3.8) is 0 Å². The molecule has 0 fully saturated rings. The molecule has 0 unspecified atom stereocenters. The van der Waals surface area contributed by atoms with Gasteiger partial charge in [-0.15, -0.1) is 0 Å². The first kappa shape index (κ1) is 14.9. The zero-order valence-corrected chi connectivity index (χ0v) is 11.6. The number of halogens is 1. The number of nitrogens with one attached hydrogen (secondary N) is 1. The number of hydrogen-bond acceptors (Lipinski definition) is 3. The monoisotopic (exact) mass is 305 g/mol. The molecule has 2 aromatic rings. The smallest absolute Gasteiger partial charge is 0.341 e. The quantitative estimate of drug-likeness (QED) is 0.890. The molecular formula is C15H12ClNO4. The summed E-state index contributed by atoms with van der Waals surface area (Å²) < 4.78 is 5.00. The molecule has 2 N–H and O–H groups in total. The van der Waals surface area contributed by atoms with E-state index in [2.05, 4.69) is 5.32 Å². The van der Waals surface area contributed by atoms with Crippen molar-refractivity contribution in [2.24, 2.45) is 0 Å². The van der Waals surface area contributed by atoms with E-state index in [9.17, 15) is 9.59 Å². The summed E-state index contributed by atoms with van der Waals surface area (Å²) in [6, 6.07) is 13.0. The van der Waals surface area contributed by atoms with Crippen molar-refractivity contribution >= 4 is 29.2 Å². The van der Waals surface area contributed by atoms with Gasteiger partial charge in [0.15, 0.2) is 6.61 Å². The third-order valence-corrected chi connectivity index (χ3v) is 2.83. The minimum Gasteiger partial charge on any atom is -0.482 e. The predicted octanol–water partition coefficient (Wildman–Crippen LogP) is 3.06. The average molecular weight is 306 g/mol. The highest BCUT2D eigenvalue weighted by atomic mass is 35.5. The molecule has 0 atom stereocenters. The number of anilines is 1. The average Bonchev–Trinajstić information content (AvgIpc) is 2.47. The van der Waals surface area contributed by atoms with Crippen LogP contribution in [0.4, 0.5) is 5.69 Å². The Morgan fingerprint density at radius 2 is 1.67 bits per heavy atom. The maximum absolute atomic E-state index is 12.0. The maximum atomic E-state index is 12.0. The second kappa shape index (κ2) is 6.76. The summed E-state index contributed by atoms with van der Waals surface area (Å²) in [4.78, 5) is 22.3. The fourth-order valence-electron chi connectivity index (χ4n) is 1.58. The van der Waals surface area contributed by atoms with Gasteiger partial charge < -0.3 is 15.2 Å². The normalized spacial score (nSPS) is 9.95. The fraction of sp³-hybridized carbons (Fsp3) is 0.0667. The number of carbonyl (C=O) groups excluding carboxylic acids is 1. The maximum Gasteiger partial charge on any atom is 0.341 e. The topological polar surface area (TPSA) is 75.6 Å². The molecule has 0 saturated heterocycles. The van der Waals surface area contributed by atoms with Crippen molar-refractivity contribution < 1.29 is 19.4 Å². The lowest BCUT2D eigenvalue weighted by Crippen LogP contribution is -2.12. The number of aliphatic carboxylic acids is 1. The SMILES string of the molecule is O=C(O)COc1ccc(NC(=O)c2ccc(Cl)cc2)cc1. The number of ether oxygens (including phenoxy) is 1. The highest BCUT2D eigenvalue weighted by molar-refractivity contribution is 6.30. The van der Waals surface area contributed by atoms with Gasteiger partial charge in [-0.3, -0.25) is 4.79 Å². The molecule has 1 amide bonds. The van der Waals surface area contributed by atoms with Crippen LogP contribution in [0.2, 0.25) is 5.02 Å². The van der Waals surface area contributed by atoms with Gasteiger partial charge in [0.1, 0.15) is 5.75 Å². The summed E-state index contributed by atoms with van der Waals surface area (Å²) in [6.07, 6.45) is 0. The second-order valence-corrected chi connectivity index (χ2v) is 4.60. The molecule has 2 rings (SSSR count). The van der Waals surface area contributed by atoms with Crippen LogP contribution in [-0.2, 0) is 4.79 Å². The Balaban J connectivity index is 1.98. The Labute approximate surface area is 126 Å². The lowest BCUT2D eigenvalue weighted by molar-refractivity contribution is -0.139. The number of carboxylic acids is 1. The lowest BCUT2D eigenvalue weighted by Gasteiger charge is -2.07. The second-order valence-electron chi connectivity index (χ2n) is 4.17. The fourth-order valence-corrected chi connectivity index (χ4v) is 1.71. The molecule has 0 bridgehead atoms. The first-order valence-electron chi connectivity index (χ1n) is 6.06. The van der Waals surface area contributed by atoms with E-state index in [0.717, 1.165) is 0 Å². The van der Waals surface area contributed by atoms with Crippen molar-refractivity contribution in [3.8, 4) is 5.75 Å². The van der Waals surface area contributed by atoms with E-state index in [1.54, 1.807) is 48.5 Å². The molecule has 0 aliphatic rings. The van der Waals surface area contributed by atoms with Gasteiger partial charge in [0.25, 0.3) is 5.91 Å². The van der Waals surface area contributed by atoms with Crippen molar-refractivity contribution in [2.75, 3.05) is 11.9 Å². The first-order valence-corrected chi connectivity index (χ1v) is 6.44. The zero-order chi connectivity index (χ0) is 15.2. The molecule has 0 saturated carbocycles. The van der Waals surface area contributed by atoms with Crippen molar-refractivity contribution in [1.29, 1.82) is 0 Å². The van der Waals surface area contributed by atoms with E-state index >= 15 is 0 Å². The van der Waals surface area contributed by atoms with Gasteiger partial charge in [-0.25, -0.2) is 4.79 Å². The standard InChI is InChI=1S/C15H12ClNO4/c16-11-3-1-10(2-4-11)15(20)17-12-5-7-13(8-6-12)21-9-14(18)19/h1-8H,9H2,(H,17,20)(H,18,19). The minimum absolute atomic E-state index is 0.258. The molecule has 6 heteroatoms. The highest BCUT2D eigenvalue weighted by Crippen LogP contribution is 2.17. The number of amides is 1. The molecule has 0 heterocycles. The molecule has 0 aliphatic heterocycles. The van der Waals surface area contributed by atoms with Crippen molar-refractivity contribution in [2.45, 2.75) is 0 Å². The Morgan fingerprint density at radius 3 is 2.24 bits per heavy atom. The van der Waals surface area contributed by atoms with Gasteiger partial charge in [-0.1, -0.05) is 11.6 Å². The summed E-state index contributed by atoms with van der Waals surface area (Å²) >= 11 is 5.76. The first-order chi connectivity index (χ1) is 10.0. The summed E-state index contributed by atoms with van der Waals surface area (Å²) in [6.45, 7) is -0.406. The summed E-state index contributed by atoms with van der Waals surface area (Å²) in [5, 5.41) is 11.8. The molecule has 0 aliphatic carbocycles. The molecule has 0 radical (unpaired) electrons. The van der Waals surface area contributed by atoms with Crippen LogP contribution in [0, 0.1) is 0 Å². The number of rotatable bonds is 5. The van der Waals surface area contributed by atoms with Crippen LogP contribution in [0.15, 0.2) is 48.5 Å². The number of benzene rings is 2. The van der Waals surface area contributed by atoms with Gasteiger partial charge in [0, 0.05) is 16.3 Å². The van der Waals surface area contributed by atoms with E-state index in [-0.39, 0.29) is 5.91 Å². The van der Waals surface area contributed by atoms with Crippen molar-refractivity contribution in [1.82, 2.24) is 0 Å². The van der Waals surface area contributed by atoms with Gasteiger partial charge >= 0.3 is 5.97 Å². The molecule has 5 nitrogen and oxygen atoms in total. The Hall–Kier alpha value is -2.53. The largest absolute Gasteiger partial charge is 0.482 e. The van der Waals surface area contributed by atoms with E-state index in [4.69, 9.17) is 21.4 Å². The third kappa shape index (κ3) is 4.50. The predicted molar refractivity (Wildman–Crippen MR) is 79.0 cm³/mol.